The summed E-state index contributed by atoms with van der Waals surface area (Å²) in [4.78, 5) is 15.6. The topological polar surface area (TPSA) is 55.1 Å². The van der Waals surface area contributed by atoms with Crippen LogP contribution in [-0.2, 0) is 0 Å². The molecule has 1 N–H and O–H groups in total. The lowest BCUT2D eigenvalue weighted by Crippen LogP contribution is -2.23. The molecule has 1 amide bonds. The Hall–Kier alpha value is -2.10. The summed E-state index contributed by atoms with van der Waals surface area (Å²) in [6.45, 7) is 2.43. The molecular weight excluding hydrogens is 204 g/mol. The van der Waals surface area contributed by atoms with E-state index in [0.29, 0.717) is 18.0 Å². The van der Waals surface area contributed by atoms with Gasteiger partial charge in [0.1, 0.15) is 0 Å². The van der Waals surface area contributed by atoms with Crippen LogP contribution >= 0.6 is 0 Å². The van der Waals surface area contributed by atoms with Gasteiger partial charge in [0, 0.05) is 12.1 Å². The second-order valence-corrected chi connectivity index (χ2v) is 3.26. The first kappa shape index (κ1) is 10.4. The third kappa shape index (κ3) is 1.95. The fourth-order valence-electron chi connectivity index (χ4n) is 1.45. The van der Waals surface area contributed by atoms with Crippen molar-refractivity contribution in [3.8, 4) is 11.3 Å². The summed E-state index contributed by atoms with van der Waals surface area (Å²) in [5.41, 5.74) is 1.18. The molecule has 0 aliphatic carbocycles. The van der Waals surface area contributed by atoms with E-state index >= 15 is 0 Å². The van der Waals surface area contributed by atoms with Gasteiger partial charge in [-0.2, -0.15) is 0 Å². The molecule has 1 aromatic carbocycles. The lowest BCUT2D eigenvalue weighted by Gasteiger charge is -2.01. The van der Waals surface area contributed by atoms with Crippen LogP contribution in [0.3, 0.4) is 0 Å². The van der Waals surface area contributed by atoms with Crippen LogP contribution in [0.25, 0.3) is 11.3 Å². The van der Waals surface area contributed by atoms with E-state index in [2.05, 4.69) is 10.3 Å². The van der Waals surface area contributed by atoms with Crippen LogP contribution in [0.5, 0.6) is 0 Å². The molecule has 0 spiro atoms. The van der Waals surface area contributed by atoms with Gasteiger partial charge in [-0.05, 0) is 6.92 Å². The summed E-state index contributed by atoms with van der Waals surface area (Å²) >= 11 is 0. The lowest BCUT2D eigenvalue weighted by atomic mass is 10.1. The van der Waals surface area contributed by atoms with Gasteiger partial charge in [-0.15, -0.1) is 0 Å². The van der Waals surface area contributed by atoms with Crippen LogP contribution in [0.15, 0.2) is 41.1 Å². The maximum Gasteiger partial charge on any atom is 0.273 e. The van der Waals surface area contributed by atoms with E-state index in [1.54, 1.807) is 0 Å². The van der Waals surface area contributed by atoms with Gasteiger partial charge in [-0.3, -0.25) is 4.79 Å². The molecule has 0 saturated heterocycles. The van der Waals surface area contributed by atoms with Crippen molar-refractivity contribution in [2.45, 2.75) is 6.92 Å². The zero-order valence-electron chi connectivity index (χ0n) is 8.93. The molecule has 0 aliphatic rings. The Kier molecular flexibility index (Phi) is 3.00. The van der Waals surface area contributed by atoms with Crippen LogP contribution in [-0.4, -0.2) is 17.4 Å². The number of amides is 1. The zero-order valence-corrected chi connectivity index (χ0v) is 8.93. The molecule has 0 fully saturated rings. The lowest BCUT2D eigenvalue weighted by molar-refractivity contribution is 0.0951. The van der Waals surface area contributed by atoms with Crippen molar-refractivity contribution in [1.29, 1.82) is 0 Å². The van der Waals surface area contributed by atoms with Crippen molar-refractivity contribution >= 4 is 5.91 Å². The largest absolute Gasteiger partial charge is 0.443 e. The Balaban J connectivity index is 2.37. The molecule has 1 aromatic heterocycles. The first-order valence-corrected chi connectivity index (χ1v) is 5.10. The summed E-state index contributed by atoms with van der Waals surface area (Å²) in [7, 11) is 0. The van der Waals surface area contributed by atoms with E-state index in [4.69, 9.17) is 4.42 Å². The predicted octanol–water partition coefficient (Wildman–Crippen LogP) is 2.09. The fraction of sp³-hybridized carbons (Fsp3) is 0.167. The highest BCUT2D eigenvalue weighted by Gasteiger charge is 2.16. The van der Waals surface area contributed by atoms with E-state index in [0.717, 1.165) is 5.56 Å². The number of hydrogen-bond donors (Lipinski definition) is 1. The highest BCUT2D eigenvalue weighted by Crippen LogP contribution is 2.22. The van der Waals surface area contributed by atoms with Gasteiger partial charge in [0.25, 0.3) is 5.91 Å². The van der Waals surface area contributed by atoms with Gasteiger partial charge in [-0.25, -0.2) is 4.98 Å². The first-order chi connectivity index (χ1) is 7.83. The highest BCUT2D eigenvalue weighted by molar-refractivity contribution is 5.97. The minimum absolute atomic E-state index is 0.213. The molecule has 0 atom stereocenters. The van der Waals surface area contributed by atoms with Gasteiger partial charge < -0.3 is 9.73 Å². The Morgan fingerprint density at radius 1 is 1.38 bits per heavy atom. The smallest absolute Gasteiger partial charge is 0.273 e. The summed E-state index contributed by atoms with van der Waals surface area (Å²) in [5, 5.41) is 2.70. The average molecular weight is 216 g/mol. The van der Waals surface area contributed by atoms with Crippen molar-refractivity contribution < 1.29 is 9.21 Å². The number of hydrogen-bond acceptors (Lipinski definition) is 3. The molecule has 4 nitrogen and oxygen atoms in total. The monoisotopic (exact) mass is 216 g/mol. The van der Waals surface area contributed by atoms with E-state index in [-0.39, 0.29) is 5.91 Å². The SMILES string of the molecule is CCNC(=O)c1ncoc1-c1ccccc1. The van der Waals surface area contributed by atoms with Crippen molar-refractivity contribution in [2.24, 2.45) is 0 Å². The molecule has 2 rings (SSSR count). The van der Waals surface area contributed by atoms with Gasteiger partial charge >= 0.3 is 0 Å². The number of nitrogens with zero attached hydrogens (tertiary/aromatic N) is 1. The predicted molar refractivity (Wildman–Crippen MR) is 59.9 cm³/mol. The number of carbonyl (C=O) groups is 1. The standard InChI is InChI=1S/C12H12N2O2/c1-2-13-12(15)10-11(16-8-14-10)9-6-4-3-5-7-9/h3-8H,2H2,1H3,(H,13,15). The van der Waals surface area contributed by atoms with Gasteiger partial charge in [-0.1, -0.05) is 30.3 Å². The molecule has 0 saturated carbocycles. The Morgan fingerprint density at radius 2 is 2.12 bits per heavy atom. The number of carbonyl (C=O) groups excluding carboxylic acids is 1. The molecule has 0 unspecified atom stereocenters. The van der Waals surface area contributed by atoms with E-state index in [1.807, 2.05) is 37.3 Å². The molecule has 2 aromatic rings. The molecule has 0 bridgehead atoms. The second-order valence-electron chi connectivity index (χ2n) is 3.26. The van der Waals surface area contributed by atoms with Crippen LogP contribution in [0, 0.1) is 0 Å². The first-order valence-electron chi connectivity index (χ1n) is 5.10. The third-order valence-electron chi connectivity index (χ3n) is 2.16. The number of oxazole rings is 1. The van der Waals surface area contributed by atoms with Gasteiger partial charge in [0.15, 0.2) is 17.8 Å². The van der Waals surface area contributed by atoms with Crippen molar-refractivity contribution in [1.82, 2.24) is 10.3 Å². The van der Waals surface area contributed by atoms with Gasteiger partial charge in [0.2, 0.25) is 0 Å². The summed E-state index contributed by atoms with van der Waals surface area (Å²) < 4.78 is 5.25. The van der Waals surface area contributed by atoms with E-state index in [9.17, 15) is 4.79 Å². The molecule has 4 heteroatoms. The average Bonchev–Trinajstić information content (AvgIpc) is 2.79. The van der Waals surface area contributed by atoms with Crippen LogP contribution in [0.4, 0.5) is 0 Å². The second kappa shape index (κ2) is 4.61. The normalized spacial score (nSPS) is 10.1. The number of benzene rings is 1. The van der Waals surface area contributed by atoms with Crippen LogP contribution in [0.2, 0.25) is 0 Å². The quantitative estimate of drug-likeness (QED) is 0.854. The van der Waals surface area contributed by atoms with Crippen molar-refractivity contribution in [2.75, 3.05) is 6.54 Å². The molecule has 1 heterocycles. The summed E-state index contributed by atoms with van der Waals surface area (Å²) in [6.07, 6.45) is 1.28. The van der Waals surface area contributed by atoms with Gasteiger partial charge in [0.05, 0.1) is 0 Å². The van der Waals surface area contributed by atoms with Crippen molar-refractivity contribution in [3.63, 3.8) is 0 Å². The van der Waals surface area contributed by atoms with Crippen LogP contribution < -0.4 is 5.32 Å². The number of rotatable bonds is 3. The van der Waals surface area contributed by atoms with Crippen LogP contribution in [0.1, 0.15) is 17.4 Å². The Bertz CT molecular complexity index is 477. The molecule has 0 aliphatic heterocycles. The number of aromatic nitrogens is 1. The number of nitrogens with one attached hydrogen (secondary N) is 1. The fourth-order valence-corrected chi connectivity index (χ4v) is 1.45. The Labute approximate surface area is 93.3 Å². The zero-order chi connectivity index (χ0) is 11.4. The maximum absolute atomic E-state index is 11.7. The van der Waals surface area contributed by atoms with Crippen molar-refractivity contribution in [3.05, 3.63) is 42.4 Å². The molecule has 0 radical (unpaired) electrons. The third-order valence-corrected chi connectivity index (χ3v) is 2.16. The summed E-state index contributed by atoms with van der Waals surface area (Å²) in [6, 6.07) is 9.44. The minimum Gasteiger partial charge on any atom is -0.443 e. The Morgan fingerprint density at radius 3 is 2.81 bits per heavy atom. The molecule has 82 valence electrons. The molecular formula is C12H12N2O2. The summed E-state index contributed by atoms with van der Waals surface area (Å²) in [5.74, 6) is 0.293. The maximum atomic E-state index is 11.7. The van der Waals surface area contributed by atoms with E-state index in [1.165, 1.54) is 6.39 Å². The minimum atomic E-state index is -0.213. The highest BCUT2D eigenvalue weighted by atomic mass is 16.3. The molecule has 16 heavy (non-hydrogen) atoms. The van der Waals surface area contributed by atoms with E-state index < -0.39 is 0 Å².